The first-order chi connectivity index (χ1) is 7.06. The lowest BCUT2D eigenvalue weighted by molar-refractivity contribution is -0.136. The van der Waals surface area contributed by atoms with E-state index in [1.54, 1.807) is 6.08 Å². The van der Waals surface area contributed by atoms with Gasteiger partial charge in [-0.15, -0.1) is 0 Å². The van der Waals surface area contributed by atoms with E-state index in [1.165, 1.54) is 7.11 Å². The Morgan fingerprint density at radius 1 is 1.33 bits per heavy atom. The molecule has 0 aromatic rings. The van der Waals surface area contributed by atoms with E-state index in [1.807, 2.05) is 13.8 Å². The van der Waals surface area contributed by atoms with Crippen LogP contribution in [0.2, 0.25) is 0 Å². The minimum absolute atomic E-state index is 0.318. The molecular weight excluding hydrogens is 192 g/mol. The summed E-state index contributed by atoms with van der Waals surface area (Å²) in [4.78, 5) is 11.4. The second kappa shape index (κ2) is 6.87. The molecule has 0 unspecified atom stereocenters. The van der Waals surface area contributed by atoms with E-state index in [4.69, 9.17) is 4.74 Å². The van der Waals surface area contributed by atoms with Gasteiger partial charge in [-0.2, -0.15) is 0 Å². The number of esters is 1. The number of carbonyl (C=O) groups is 1. The SMILES string of the molecule is C=C(/C=C(\C(=C)OCC)C(=O)OC)CC. The lowest BCUT2D eigenvalue weighted by Gasteiger charge is -2.09. The summed E-state index contributed by atoms with van der Waals surface area (Å²) in [6, 6.07) is 0. The van der Waals surface area contributed by atoms with E-state index in [9.17, 15) is 4.79 Å². The average Bonchev–Trinajstić information content (AvgIpc) is 2.24. The standard InChI is InChI=1S/C12H18O3/c1-6-9(3)8-11(12(13)14-5)10(4)15-7-2/h8H,3-4,6-7H2,1-2,5H3/b11-8+. The van der Waals surface area contributed by atoms with Crippen LogP contribution in [0.3, 0.4) is 0 Å². The van der Waals surface area contributed by atoms with E-state index >= 15 is 0 Å². The van der Waals surface area contributed by atoms with Gasteiger partial charge < -0.3 is 9.47 Å². The van der Waals surface area contributed by atoms with E-state index in [-0.39, 0.29) is 0 Å². The van der Waals surface area contributed by atoms with E-state index in [2.05, 4.69) is 17.9 Å². The minimum Gasteiger partial charge on any atom is -0.494 e. The summed E-state index contributed by atoms with van der Waals surface area (Å²) < 4.78 is 9.80. The zero-order valence-corrected chi connectivity index (χ0v) is 9.63. The first-order valence-corrected chi connectivity index (χ1v) is 4.86. The number of hydrogen-bond donors (Lipinski definition) is 0. The van der Waals surface area contributed by atoms with Crippen LogP contribution in [-0.4, -0.2) is 19.7 Å². The molecule has 0 N–H and O–H groups in total. The molecule has 0 fully saturated rings. The molecule has 0 aromatic carbocycles. The Kier molecular flexibility index (Phi) is 6.18. The molecule has 0 aliphatic carbocycles. The van der Waals surface area contributed by atoms with Gasteiger partial charge in [-0.05, 0) is 19.4 Å². The van der Waals surface area contributed by atoms with Crippen molar-refractivity contribution in [1.82, 2.24) is 0 Å². The van der Waals surface area contributed by atoms with E-state index in [0.717, 1.165) is 12.0 Å². The summed E-state index contributed by atoms with van der Waals surface area (Å²) in [5.74, 6) is -0.137. The predicted molar refractivity (Wildman–Crippen MR) is 60.3 cm³/mol. The Morgan fingerprint density at radius 3 is 2.33 bits per heavy atom. The Labute approximate surface area is 91.1 Å². The fraction of sp³-hybridized carbons (Fsp3) is 0.417. The highest BCUT2D eigenvalue weighted by molar-refractivity contribution is 5.93. The van der Waals surface area contributed by atoms with Gasteiger partial charge in [0.1, 0.15) is 11.3 Å². The minimum atomic E-state index is -0.456. The number of methoxy groups -OCH3 is 1. The van der Waals surface area contributed by atoms with Crippen LogP contribution in [0, 0.1) is 0 Å². The number of allylic oxidation sites excluding steroid dienone is 2. The number of ether oxygens (including phenoxy) is 2. The van der Waals surface area contributed by atoms with Crippen molar-refractivity contribution in [3.05, 3.63) is 36.1 Å². The highest BCUT2D eigenvalue weighted by atomic mass is 16.5. The Morgan fingerprint density at radius 2 is 1.93 bits per heavy atom. The van der Waals surface area contributed by atoms with Crippen molar-refractivity contribution in [2.45, 2.75) is 20.3 Å². The predicted octanol–water partition coefficient (Wildman–Crippen LogP) is 2.60. The van der Waals surface area contributed by atoms with Crippen LogP contribution in [0.1, 0.15) is 20.3 Å². The summed E-state index contributed by atoms with van der Waals surface area (Å²) in [7, 11) is 1.32. The number of carbonyl (C=O) groups excluding carboxylic acids is 1. The monoisotopic (exact) mass is 210 g/mol. The molecule has 0 rings (SSSR count). The smallest absolute Gasteiger partial charge is 0.341 e. The molecule has 0 saturated heterocycles. The lowest BCUT2D eigenvalue weighted by atomic mass is 10.1. The number of hydrogen-bond acceptors (Lipinski definition) is 3. The van der Waals surface area contributed by atoms with Crippen LogP contribution in [-0.2, 0) is 14.3 Å². The van der Waals surface area contributed by atoms with Crippen molar-refractivity contribution in [3.8, 4) is 0 Å². The molecule has 0 spiro atoms. The topological polar surface area (TPSA) is 35.5 Å². The quantitative estimate of drug-likeness (QED) is 0.292. The second-order valence-corrected chi connectivity index (χ2v) is 2.92. The normalized spacial score (nSPS) is 10.7. The van der Waals surface area contributed by atoms with Gasteiger partial charge >= 0.3 is 5.97 Å². The molecule has 15 heavy (non-hydrogen) atoms. The van der Waals surface area contributed by atoms with Gasteiger partial charge in [-0.25, -0.2) is 4.79 Å². The van der Waals surface area contributed by atoms with Crippen LogP contribution in [0.15, 0.2) is 36.1 Å². The largest absolute Gasteiger partial charge is 0.494 e. The van der Waals surface area contributed by atoms with Crippen molar-refractivity contribution in [2.75, 3.05) is 13.7 Å². The van der Waals surface area contributed by atoms with Gasteiger partial charge in [0.15, 0.2) is 0 Å². The molecular formula is C12H18O3. The zero-order valence-electron chi connectivity index (χ0n) is 9.63. The van der Waals surface area contributed by atoms with Gasteiger partial charge in [0.2, 0.25) is 0 Å². The maximum absolute atomic E-state index is 11.4. The van der Waals surface area contributed by atoms with E-state index < -0.39 is 5.97 Å². The third kappa shape index (κ3) is 4.49. The van der Waals surface area contributed by atoms with Crippen molar-refractivity contribution >= 4 is 5.97 Å². The molecule has 0 aliphatic rings. The summed E-state index contributed by atoms with van der Waals surface area (Å²) in [5, 5.41) is 0. The highest BCUT2D eigenvalue weighted by Gasteiger charge is 2.14. The van der Waals surface area contributed by atoms with Crippen molar-refractivity contribution in [2.24, 2.45) is 0 Å². The van der Waals surface area contributed by atoms with Crippen molar-refractivity contribution < 1.29 is 14.3 Å². The molecule has 3 nitrogen and oxygen atoms in total. The maximum atomic E-state index is 11.4. The highest BCUT2D eigenvalue weighted by Crippen LogP contribution is 2.14. The van der Waals surface area contributed by atoms with Crippen LogP contribution in [0.25, 0.3) is 0 Å². The second-order valence-electron chi connectivity index (χ2n) is 2.92. The van der Waals surface area contributed by atoms with Crippen molar-refractivity contribution in [3.63, 3.8) is 0 Å². The van der Waals surface area contributed by atoms with Gasteiger partial charge in [-0.1, -0.05) is 25.7 Å². The van der Waals surface area contributed by atoms with Crippen molar-refractivity contribution in [1.29, 1.82) is 0 Å². The third-order valence-corrected chi connectivity index (χ3v) is 1.83. The van der Waals surface area contributed by atoms with Gasteiger partial charge in [0, 0.05) is 0 Å². The van der Waals surface area contributed by atoms with Crippen LogP contribution < -0.4 is 0 Å². The molecule has 0 aliphatic heterocycles. The zero-order chi connectivity index (χ0) is 11.8. The molecule has 0 heterocycles. The Hall–Kier alpha value is -1.51. The lowest BCUT2D eigenvalue weighted by Crippen LogP contribution is -2.09. The fourth-order valence-electron chi connectivity index (χ4n) is 0.921. The molecule has 3 heteroatoms. The summed E-state index contributed by atoms with van der Waals surface area (Å²) in [6.45, 7) is 11.7. The van der Waals surface area contributed by atoms with Crippen LogP contribution in [0.5, 0.6) is 0 Å². The summed E-state index contributed by atoms with van der Waals surface area (Å²) in [6.07, 6.45) is 2.41. The summed E-state index contributed by atoms with van der Waals surface area (Å²) >= 11 is 0. The van der Waals surface area contributed by atoms with Crippen LogP contribution >= 0.6 is 0 Å². The average molecular weight is 210 g/mol. The Bertz CT molecular complexity index is 287. The first kappa shape index (κ1) is 13.5. The molecule has 0 amide bonds. The van der Waals surface area contributed by atoms with Crippen LogP contribution in [0.4, 0.5) is 0 Å². The van der Waals surface area contributed by atoms with E-state index in [0.29, 0.717) is 17.9 Å². The molecule has 0 bridgehead atoms. The molecule has 0 atom stereocenters. The molecule has 0 radical (unpaired) electrons. The van der Waals surface area contributed by atoms with Gasteiger partial charge in [0.25, 0.3) is 0 Å². The molecule has 84 valence electrons. The van der Waals surface area contributed by atoms with Gasteiger partial charge in [-0.3, -0.25) is 0 Å². The summed E-state index contributed by atoms with van der Waals surface area (Å²) in [5.41, 5.74) is 1.16. The fourth-order valence-corrected chi connectivity index (χ4v) is 0.921. The molecule has 0 aromatic heterocycles. The first-order valence-electron chi connectivity index (χ1n) is 4.86. The molecule has 0 saturated carbocycles. The Balaban J connectivity index is 4.88. The number of rotatable bonds is 6. The third-order valence-electron chi connectivity index (χ3n) is 1.83. The van der Waals surface area contributed by atoms with Gasteiger partial charge in [0.05, 0.1) is 13.7 Å². The maximum Gasteiger partial charge on any atom is 0.341 e.